The van der Waals surface area contributed by atoms with Crippen molar-refractivity contribution >= 4 is 5.82 Å². The molecule has 0 atom stereocenters. The maximum Gasteiger partial charge on any atom is 0.147 e. The number of pyridine rings is 1. The minimum Gasteiger partial charge on any atom is -0.352 e. The molecule has 3 nitrogen and oxygen atoms in total. The number of aromatic nitrogens is 1. The van der Waals surface area contributed by atoms with Crippen molar-refractivity contribution in [2.75, 3.05) is 11.4 Å². The van der Waals surface area contributed by atoms with Crippen LogP contribution in [-0.2, 0) is 0 Å². The fourth-order valence-electron chi connectivity index (χ4n) is 2.04. The van der Waals surface area contributed by atoms with Gasteiger partial charge in [-0.1, -0.05) is 13.8 Å². The number of nitriles is 1. The number of hydrogen-bond acceptors (Lipinski definition) is 3. The van der Waals surface area contributed by atoms with E-state index in [-0.39, 0.29) is 0 Å². The third-order valence-corrected chi connectivity index (χ3v) is 2.96. The fourth-order valence-corrected chi connectivity index (χ4v) is 2.04. The van der Waals surface area contributed by atoms with Gasteiger partial charge in [0.2, 0.25) is 0 Å². The molecule has 1 fully saturated rings. The molecule has 0 aliphatic heterocycles. The lowest BCUT2D eigenvalue weighted by Gasteiger charge is -2.26. The molecule has 0 saturated heterocycles. The second-order valence-corrected chi connectivity index (χ2v) is 5.21. The molecule has 0 amide bonds. The monoisotopic (exact) mass is 229 g/mol. The van der Waals surface area contributed by atoms with Gasteiger partial charge in [-0.2, -0.15) is 5.26 Å². The normalized spacial score (nSPS) is 14.8. The van der Waals surface area contributed by atoms with Crippen LogP contribution in [0.15, 0.2) is 12.1 Å². The van der Waals surface area contributed by atoms with Gasteiger partial charge in [-0.3, -0.25) is 0 Å². The molecule has 1 aromatic rings. The summed E-state index contributed by atoms with van der Waals surface area (Å²) >= 11 is 0. The zero-order valence-corrected chi connectivity index (χ0v) is 10.8. The van der Waals surface area contributed by atoms with Crippen LogP contribution in [0.1, 0.15) is 37.9 Å². The van der Waals surface area contributed by atoms with Gasteiger partial charge in [-0.05, 0) is 37.8 Å². The van der Waals surface area contributed by atoms with Crippen LogP contribution in [0, 0.1) is 24.2 Å². The molecule has 0 bridgehead atoms. The Balaban J connectivity index is 2.34. The summed E-state index contributed by atoms with van der Waals surface area (Å²) in [5.41, 5.74) is 1.68. The van der Waals surface area contributed by atoms with Gasteiger partial charge in [0, 0.05) is 18.3 Å². The maximum absolute atomic E-state index is 9.18. The summed E-state index contributed by atoms with van der Waals surface area (Å²) in [5, 5.41) is 9.18. The van der Waals surface area contributed by atoms with Gasteiger partial charge in [0.25, 0.3) is 0 Å². The first-order valence-corrected chi connectivity index (χ1v) is 6.26. The topological polar surface area (TPSA) is 39.9 Å². The van der Waals surface area contributed by atoms with Crippen molar-refractivity contribution in [1.82, 2.24) is 4.98 Å². The predicted molar refractivity (Wildman–Crippen MR) is 68.9 cm³/mol. The van der Waals surface area contributed by atoms with Crippen molar-refractivity contribution in [1.29, 1.82) is 5.26 Å². The van der Waals surface area contributed by atoms with Crippen molar-refractivity contribution in [2.45, 2.75) is 39.7 Å². The van der Waals surface area contributed by atoms with E-state index in [1.54, 1.807) is 0 Å². The molecule has 0 aromatic carbocycles. The second-order valence-electron chi connectivity index (χ2n) is 5.21. The lowest BCUT2D eigenvalue weighted by molar-refractivity contribution is 0.602. The van der Waals surface area contributed by atoms with E-state index in [4.69, 9.17) is 0 Å². The average Bonchev–Trinajstić information content (AvgIpc) is 3.09. The number of anilines is 1. The predicted octanol–water partition coefficient (Wildman–Crippen LogP) is 2.89. The van der Waals surface area contributed by atoms with E-state index >= 15 is 0 Å². The van der Waals surface area contributed by atoms with Gasteiger partial charge in [0.1, 0.15) is 11.9 Å². The van der Waals surface area contributed by atoms with Crippen LogP contribution in [0.4, 0.5) is 5.82 Å². The Morgan fingerprint density at radius 2 is 2.18 bits per heavy atom. The number of hydrogen-bond donors (Lipinski definition) is 0. The zero-order valence-electron chi connectivity index (χ0n) is 10.8. The molecule has 0 radical (unpaired) electrons. The molecule has 3 heteroatoms. The van der Waals surface area contributed by atoms with Crippen LogP contribution in [0.25, 0.3) is 0 Å². The van der Waals surface area contributed by atoms with Crippen LogP contribution in [-0.4, -0.2) is 17.6 Å². The molecule has 1 aliphatic rings. The first kappa shape index (κ1) is 11.9. The highest BCUT2D eigenvalue weighted by molar-refractivity contribution is 5.55. The van der Waals surface area contributed by atoms with Crippen molar-refractivity contribution in [2.24, 2.45) is 5.92 Å². The minimum atomic E-state index is 0.587. The summed E-state index contributed by atoms with van der Waals surface area (Å²) in [6, 6.07) is 6.64. The molecule has 0 N–H and O–H groups in total. The highest BCUT2D eigenvalue weighted by Crippen LogP contribution is 2.33. The molecule has 1 heterocycles. The molecular weight excluding hydrogens is 210 g/mol. The van der Waals surface area contributed by atoms with Gasteiger partial charge in [0.05, 0.1) is 5.56 Å². The van der Waals surface area contributed by atoms with Gasteiger partial charge in [0.15, 0.2) is 0 Å². The van der Waals surface area contributed by atoms with Crippen LogP contribution >= 0.6 is 0 Å². The van der Waals surface area contributed by atoms with E-state index in [1.807, 2.05) is 19.1 Å². The molecule has 90 valence electrons. The zero-order chi connectivity index (χ0) is 12.4. The fraction of sp³-hybridized carbons (Fsp3) is 0.571. The van der Waals surface area contributed by atoms with Crippen molar-refractivity contribution < 1.29 is 0 Å². The Morgan fingerprint density at radius 1 is 1.47 bits per heavy atom. The van der Waals surface area contributed by atoms with Crippen molar-refractivity contribution in [3.63, 3.8) is 0 Å². The highest BCUT2D eigenvalue weighted by atomic mass is 15.2. The van der Waals surface area contributed by atoms with E-state index in [0.29, 0.717) is 17.5 Å². The van der Waals surface area contributed by atoms with Gasteiger partial charge >= 0.3 is 0 Å². The molecule has 0 spiro atoms. The van der Waals surface area contributed by atoms with Crippen molar-refractivity contribution in [3.05, 3.63) is 23.4 Å². The third kappa shape index (κ3) is 2.76. The second kappa shape index (κ2) is 4.75. The SMILES string of the molecule is Cc1ccc(C#N)c(N(CC(C)C)C2CC2)n1. The first-order valence-electron chi connectivity index (χ1n) is 6.26. The molecule has 1 saturated carbocycles. The third-order valence-electron chi connectivity index (χ3n) is 2.96. The molecule has 1 aromatic heterocycles. The largest absolute Gasteiger partial charge is 0.352 e. The number of nitrogens with zero attached hydrogens (tertiary/aromatic N) is 3. The molecule has 2 rings (SSSR count). The summed E-state index contributed by atoms with van der Waals surface area (Å²) in [6.07, 6.45) is 2.46. The minimum absolute atomic E-state index is 0.587. The summed E-state index contributed by atoms with van der Waals surface area (Å²) in [5.74, 6) is 1.47. The molecule has 0 unspecified atom stereocenters. The summed E-state index contributed by atoms with van der Waals surface area (Å²) in [7, 11) is 0. The van der Waals surface area contributed by atoms with E-state index in [2.05, 4.69) is 29.8 Å². The standard InChI is InChI=1S/C14H19N3/c1-10(2)9-17(13-6-7-13)14-12(8-15)5-4-11(3)16-14/h4-5,10,13H,6-7,9H2,1-3H3. The summed E-state index contributed by atoms with van der Waals surface area (Å²) in [6.45, 7) is 7.37. The molecular formula is C14H19N3. The lowest BCUT2D eigenvalue weighted by Crippen LogP contribution is -2.31. The smallest absolute Gasteiger partial charge is 0.147 e. The van der Waals surface area contributed by atoms with E-state index in [0.717, 1.165) is 18.1 Å². The van der Waals surface area contributed by atoms with E-state index in [9.17, 15) is 5.26 Å². The number of rotatable bonds is 4. The van der Waals surface area contributed by atoms with Crippen molar-refractivity contribution in [3.8, 4) is 6.07 Å². The average molecular weight is 229 g/mol. The quantitative estimate of drug-likeness (QED) is 0.797. The van der Waals surface area contributed by atoms with Gasteiger partial charge in [-0.25, -0.2) is 4.98 Å². The van der Waals surface area contributed by atoms with E-state index < -0.39 is 0 Å². The Bertz CT molecular complexity index is 441. The first-order chi connectivity index (χ1) is 8.11. The Labute approximate surface area is 103 Å². The highest BCUT2D eigenvalue weighted by Gasteiger charge is 2.31. The Morgan fingerprint density at radius 3 is 2.71 bits per heavy atom. The van der Waals surface area contributed by atoms with Crippen LogP contribution in [0.3, 0.4) is 0 Å². The molecule has 1 aliphatic carbocycles. The maximum atomic E-state index is 9.18. The van der Waals surface area contributed by atoms with Crippen LogP contribution in [0.2, 0.25) is 0 Å². The van der Waals surface area contributed by atoms with Gasteiger partial charge < -0.3 is 4.90 Å². The lowest BCUT2D eigenvalue weighted by atomic mass is 10.1. The van der Waals surface area contributed by atoms with Crippen LogP contribution in [0.5, 0.6) is 0 Å². The Hall–Kier alpha value is -1.56. The van der Waals surface area contributed by atoms with Gasteiger partial charge in [-0.15, -0.1) is 0 Å². The van der Waals surface area contributed by atoms with Crippen LogP contribution < -0.4 is 4.90 Å². The van der Waals surface area contributed by atoms with E-state index in [1.165, 1.54) is 12.8 Å². The Kier molecular flexibility index (Phi) is 3.33. The number of aryl methyl sites for hydroxylation is 1. The summed E-state index contributed by atoms with van der Waals surface area (Å²) in [4.78, 5) is 6.88. The summed E-state index contributed by atoms with van der Waals surface area (Å²) < 4.78 is 0. The molecule has 17 heavy (non-hydrogen) atoms.